The van der Waals surface area contributed by atoms with E-state index in [2.05, 4.69) is 15.9 Å². The third-order valence-electron chi connectivity index (χ3n) is 2.40. The zero-order chi connectivity index (χ0) is 13.6. The summed E-state index contributed by atoms with van der Waals surface area (Å²) in [6.07, 6.45) is -3.55. The van der Waals surface area contributed by atoms with Crippen LogP contribution in [0.2, 0.25) is 0 Å². The Hall–Kier alpha value is -0.120. The minimum atomic E-state index is -4.52. The quantitative estimate of drug-likeness (QED) is 0.823. The highest BCUT2D eigenvalue weighted by Crippen LogP contribution is 2.37. The molecule has 0 unspecified atom stereocenters. The minimum absolute atomic E-state index is 0.0643. The van der Waals surface area contributed by atoms with E-state index in [1.807, 2.05) is 0 Å². The van der Waals surface area contributed by atoms with Crippen molar-refractivity contribution in [2.45, 2.75) is 29.3 Å². The van der Waals surface area contributed by atoms with Crippen molar-refractivity contribution in [1.82, 2.24) is 4.31 Å². The molecular weight excluding hydrogens is 355 g/mol. The third-order valence-corrected chi connectivity index (χ3v) is 6.39. The Morgan fingerprint density at radius 1 is 1.39 bits per heavy atom. The lowest BCUT2D eigenvalue weighted by Gasteiger charge is -2.22. The van der Waals surface area contributed by atoms with Gasteiger partial charge in [-0.1, -0.05) is 0 Å². The maximum atomic E-state index is 12.4. The Kier molecular flexibility index (Phi) is 3.79. The molecule has 1 aromatic heterocycles. The van der Waals surface area contributed by atoms with Gasteiger partial charge in [0.25, 0.3) is 10.0 Å². The molecule has 102 valence electrons. The maximum Gasteiger partial charge on any atom is 0.402 e. The Bertz CT molecular complexity index is 536. The molecule has 1 saturated carbocycles. The molecule has 0 saturated heterocycles. The molecule has 0 aliphatic heterocycles. The molecule has 2 rings (SSSR count). The van der Waals surface area contributed by atoms with Crippen LogP contribution in [-0.2, 0) is 10.0 Å². The van der Waals surface area contributed by atoms with Gasteiger partial charge in [0, 0.05) is 6.04 Å². The average Bonchev–Trinajstić information content (AvgIpc) is 2.95. The number of sulfonamides is 1. The first kappa shape index (κ1) is 14.3. The van der Waals surface area contributed by atoms with E-state index in [0.717, 1.165) is 11.3 Å². The molecule has 1 heterocycles. The maximum absolute atomic E-state index is 12.4. The van der Waals surface area contributed by atoms with Crippen molar-refractivity contribution in [2.24, 2.45) is 0 Å². The molecule has 0 aromatic carbocycles. The van der Waals surface area contributed by atoms with Crippen molar-refractivity contribution in [2.75, 3.05) is 6.54 Å². The van der Waals surface area contributed by atoms with Crippen molar-refractivity contribution >= 4 is 37.3 Å². The molecule has 0 N–H and O–H groups in total. The zero-order valence-electron chi connectivity index (χ0n) is 8.95. The lowest BCUT2D eigenvalue weighted by atomic mass is 10.6. The molecule has 0 amide bonds. The molecular formula is C9H9BrF3NO2S2. The van der Waals surface area contributed by atoms with E-state index in [1.165, 1.54) is 12.1 Å². The largest absolute Gasteiger partial charge is 0.402 e. The number of nitrogens with zero attached hydrogens (tertiary/aromatic N) is 1. The smallest absolute Gasteiger partial charge is 0.206 e. The molecule has 1 aromatic rings. The van der Waals surface area contributed by atoms with Gasteiger partial charge in [0.05, 0.1) is 3.79 Å². The SMILES string of the molecule is O=S(=O)(c1ccc(Br)s1)N(CC(F)(F)F)C1CC1. The van der Waals surface area contributed by atoms with E-state index in [1.54, 1.807) is 0 Å². The van der Waals surface area contributed by atoms with Crippen LogP contribution >= 0.6 is 27.3 Å². The summed E-state index contributed by atoms with van der Waals surface area (Å²) in [6, 6.07) is 2.31. The molecule has 18 heavy (non-hydrogen) atoms. The zero-order valence-corrected chi connectivity index (χ0v) is 12.2. The second-order valence-corrected chi connectivity index (χ2v) is 8.54. The van der Waals surface area contributed by atoms with E-state index in [-0.39, 0.29) is 4.21 Å². The second kappa shape index (κ2) is 4.77. The lowest BCUT2D eigenvalue weighted by molar-refractivity contribution is -0.136. The second-order valence-electron chi connectivity index (χ2n) is 3.96. The van der Waals surface area contributed by atoms with Crippen molar-refractivity contribution in [1.29, 1.82) is 0 Å². The van der Waals surface area contributed by atoms with Gasteiger partial charge in [0.1, 0.15) is 10.8 Å². The van der Waals surface area contributed by atoms with Crippen molar-refractivity contribution in [3.05, 3.63) is 15.9 Å². The number of hydrogen-bond donors (Lipinski definition) is 0. The van der Waals surface area contributed by atoms with Gasteiger partial charge in [0.15, 0.2) is 0 Å². The van der Waals surface area contributed by atoms with Gasteiger partial charge in [-0.05, 0) is 40.9 Å². The molecule has 9 heteroatoms. The predicted molar refractivity (Wildman–Crippen MR) is 65.0 cm³/mol. The summed E-state index contributed by atoms with van der Waals surface area (Å²) in [4.78, 5) is 0. The molecule has 1 aliphatic rings. The first-order chi connectivity index (χ1) is 8.20. The molecule has 0 bridgehead atoms. The van der Waals surface area contributed by atoms with Gasteiger partial charge in [-0.15, -0.1) is 11.3 Å². The van der Waals surface area contributed by atoms with Crippen LogP contribution in [0.3, 0.4) is 0 Å². The van der Waals surface area contributed by atoms with E-state index in [0.29, 0.717) is 20.9 Å². The van der Waals surface area contributed by atoms with E-state index < -0.39 is 28.8 Å². The molecule has 1 fully saturated rings. The molecule has 0 atom stereocenters. The normalized spacial score (nSPS) is 17.4. The number of alkyl halides is 3. The highest BCUT2D eigenvalue weighted by molar-refractivity contribution is 9.11. The van der Waals surface area contributed by atoms with Crippen molar-refractivity contribution in [3.8, 4) is 0 Å². The standard InChI is InChI=1S/C9H9BrF3NO2S2/c10-7-3-4-8(17-7)18(15,16)14(6-1-2-6)5-9(11,12)13/h3-4,6H,1-2,5H2. The number of rotatable bonds is 4. The highest BCUT2D eigenvalue weighted by atomic mass is 79.9. The fourth-order valence-electron chi connectivity index (χ4n) is 1.50. The van der Waals surface area contributed by atoms with Crippen LogP contribution in [0.15, 0.2) is 20.1 Å². The van der Waals surface area contributed by atoms with Crippen LogP contribution in [0.4, 0.5) is 13.2 Å². The van der Waals surface area contributed by atoms with Gasteiger partial charge < -0.3 is 0 Å². The highest BCUT2D eigenvalue weighted by Gasteiger charge is 2.45. The number of thiophene rings is 1. The van der Waals surface area contributed by atoms with Gasteiger partial charge in [-0.3, -0.25) is 0 Å². The van der Waals surface area contributed by atoms with E-state index >= 15 is 0 Å². The molecule has 0 spiro atoms. The van der Waals surface area contributed by atoms with Gasteiger partial charge >= 0.3 is 6.18 Å². The van der Waals surface area contributed by atoms with Gasteiger partial charge in [0.2, 0.25) is 0 Å². The number of hydrogen-bond acceptors (Lipinski definition) is 3. The summed E-state index contributed by atoms with van der Waals surface area (Å²) < 4.78 is 62.6. The Morgan fingerprint density at radius 3 is 2.39 bits per heavy atom. The third kappa shape index (κ3) is 3.25. The summed E-state index contributed by atoms with van der Waals surface area (Å²) in [5, 5.41) is 0. The fourth-order valence-corrected chi connectivity index (χ4v) is 5.31. The first-order valence-corrected chi connectivity index (χ1v) is 8.09. The summed E-state index contributed by atoms with van der Waals surface area (Å²) in [7, 11) is -4.05. The van der Waals surface area contributed by atoms with Gasteiger partial charge in [-0.25, -0.2) is 8.42 Å². The predicted octanol–water partition coefficient (Wildman–Crippen LogP) is 3.23. The van der Waals surface area contributed by atoms with Crippen LogP contribution in [0.25, 0.3) is 0 Å². The molecule has 0 radical (unpaired) electrons. The van der Waals surface area contributed by atoms with Crippen LogP contribution in [0, 0.1) is 0 Å². The van der Waals surface area contributed by atoms with E-state index in [4.69, 9.17) is 0 Å². The topological polar surface area (TPSA) is 37.4 Å². The number of halogens is 4. The van der Waals surface area contributed by atoms with Crippen molar-refractivity contribution < 1.29 is 21.6 Å². The summed E-state index contributed by atoms with van der Waals surface area (Å²) in [6.45, 7) is -1.42. The minimum Gasteiger partial charge on any atom is -0.206 e. The van der Waals surface area contributed by atoms with Gasteiger partial charge in [-0.2, -0.15) is 17.5 Å². The first-order valence-electron chi connectivity index (χ1n) is 5.04. The van der Waals surface area contributed by atoms with Crippen LogP contribution in [0.5, 0.6) is 0 Å². The van der Waals surface area contributed by atoms with E-state index in [9.17, 15) is 21.6 Å². The summed E-state index contributed by atoms with van der Waals surface area (Å²) in [5.41, 5.74) is 0. The molecule has 3 nitrogen and oxygen atoms in total. The van der Waals surface area contributed by atoms with Crippen molar-refractivity contribution in [3.63, 3.8) is 0 Å². The molecule has 1 aliphatic carbocycles. The fraction of sp³-hybridized carbons (Fsp3) is 0.556. The monoisotopic (exact) mass is 363 g/mol. The van der Waals surface area contributed by atoms with Crippen LogP contribution in [-0.4, -0.2) is 31.5 Å². The van der Waals surface area contributed by atoms with Crippen LogP contribution < -0.4 is 0 Å². The summed E-state index contributed by atoms with van der Waals surface area (Å²) >= 11 is 4.02. The lowest BCUT2D eigenvalue weighted by Crippen LogP contribution is -2.40. The Morgan fingerprint density at radius 2 is 2.00 bits per heavy atom. The Labute approximate surface area is 115 Å². The van der Waals surface area contributed by atoms with Crippen LogP contribution in [0.1, 0.15) is 12.8 Å². The summed E-state index contributed by atoms with van der Waals surface area (Å²) in [5.74, 6) is 0. The average molecular weight is 364 g/mol. The Balaban J connectivity index is 2.30.